The van der Waals surface area contributed by atoms with Gasteiger partial charge in [-0.25, -0.2) is 8.42 Å². The van der Waals surface area contributed by atoms with Crippen LogP contribution >= 0.6 is 27.3 Å². The molecule has 7 nitrogen and oxygen atoms in total. The fourth-order valence-corrected chi connectivity index (χ4v) is 6.34. The van der Waals surface area contributed by atoms with Crippen LogP contribution in [0.15, 0.2) is 39.0 Å². The number of benzene rings is 1. The van der Waals surface area contributed by atoms with Crippen LogP contribution in [0.2, 0.25) is 0 Å². The lowest BCUT2D eigenvalue weighted by Crippen LogP contribution is -2.48. The van der Waals surface area contributed by atoms with Crippen LogP contribution in [-0.4, -0.2) is 48.7 Å². The van der Waals surface area contributed by atoms with E-state index >= 15 is 0 Å². The summed E-state index contributed by atoms with van der Waals surface area (Å²) in [7, 11) is -3.90. The SMILES string of the molecule is Cc1cccc([N+](=O)[O-])c1S(=O)(=O)N1CCN(Cc2ccc(Br)s2)CC1. The monoisotopic (exact) mass is 459 g/mol. The van der Waals surface area contributed by atoms with Crippen LogP contribution in [0.4, 0.5) is 5.69 Å². The summed E-state index contributed by atoms with van der Waals surface area (Å²) in [5.74, 6) is 0. The van der Waals surface area contributed by atoms with E-state index in [0.717, 1.165) is 10.3 Å². The highest BCUT2D eigenvalue weighted by molar-refractivity contribution is 9.11. The quantitative estimate of drug-likeness (QED) is 0.506. The molecule has 1 aromatic heterocycles. The molecule has 0 aliphatic carbocycles. The number of nitro benzene ring substituents is 1. The molecule has 1 aliphatic heterocycles. The van der Waals surface area contributed by atoms with Crippen molar-refractivity contribution in [1.29, 1.82) is 0 Å². The first-order valence-corrected chi connectivity index (χ1v) is 11.0. The molecular formula is C16H18BrN3O4S2. The van der Waals surface area contributed by atoms with Crippen molar-refractivity contribution in [3.05, 3.63) is 54.7 Å². The largest absolute Gasteiger partial charge is 0.296 e. The van der Waals surface area contributed by atoms with E-state index in [1.807, 2.05) is 6.07 Å². The molecule has 10 heteroatoms. The van der Waals surface area contributed by atoms with Gasteiger partial charge in [0.15, 0.2) is 4.90 Å². The van der Waals surface area contributed by atoms with Gasteiger partial charge in [-0.05, 0) is 40.5 Å². The summed E-state index contributed by atoms with van der Waals surface area (Å²) in [4.78, 5) is 13.8. The van der Waals surface area contributed by atoms with Crippen LogP contribution in [-0.2, 0) is 16.6 Å². The van der Waals surface area contributed by atoms with Gasteiger partial charge in [-0.3, -0.25) is 15.0 Å². The van der Waals surface area contributed by atoms with Crippen molar-refractivity contribution in [2.24, 2.45) is 0 Å². The zero-order valence-corrected chi connectivity index (χ0v) is 17.3. The molecule has 0 bridgehead atoms. The molecule has 0 amide bonds. The third-order valence-corrected chi connectivity index (χ3v) is 8.03. The van der Waals surface area contributed by atoms with Gasteiger partial charge in [0, 0.05) is 43.7 Å². The maximum atomic E-state index is 13.0. The first-order valence-electron chi connectivity index (χ1n) is 8.00. The summed E-state index contributed by atoms with van der Waals surface area (Å²) in [5.41, 5.74) is 0.0286. The molecule has 1 aliphatic rings. The smallest absolute Gasteiger partial charge is 0.289 e. The number of sulfonamides is 1. The Morgan fingerprint density at radius 3 is 2.46 bits per heavy atom. The molecule has 26 heavy (non-hydrogen) atoms. The Kier molecular flexibility index (Phi) is 5.78. The number of hydrogen-bond acceptors (Lipinski definition) is 6. The third-order valence-electron chi connectivity index (χ3n) is 4.33. The first-order chi connectivity index (χ1) is 12.3. The highest BCUT2D eigenvalue weighted by atomic mass is 79.9. The second-order valence-corrected chi connectivity index (χ2v) is 10.5. The zero-order chi connectivity index (χ0) is 18.9. The highest BCUT2D eigenvalue weighted by Crippen LogP contribution is 2.30. The molecule has 0 unspecified atom stereocenters. The Balaban J connectivity index is 1.75. The van der Waals surface area contributed by atoms with Crippen LogP contribution in [0.3, 0.4) is 0 Å². The summed E-state index contributed by atoms with van der Waals surface area (Å²) < 4.78 is 28.4. The van der Waals surface area contributed by atoms with Crippen molar-refractivity contribution in [2.75, 3.05) is 26.2 Å². The van der Waals surface area contributed by atoms with E-state index in [-0.39, 0.29) is 10.6 Å². The lowest BCUT2D eigenvalue weighted by molar-refractivity contribution is -0.387. The Morgan fingerprint density at radius 1 is 1.19 bits per heavy atom. The minimum absolute atomic E-state index is 0.194. The van der Waals surface area contributed by atoms with Crippen molar-refractivity contribution >= 4 is 43.0 Å². The van der Waals surface area contributed by atoms with Gasteiger partial charge in [0.25, 0.3) is 5.69 Å². The number of nitrogens with zero attached hydrogens (tertiary/aromatic N) is 3. The van der Waals surface area contributed by atoms with Crippen LogP contribution in [0.1, 0.15) is 10.4 Å². The first kappa shape index (κ1) is 19.4. The Hall–Kier alpha value is -1.33. The maximum absolute atomic E-state index is 13.0. The minimum atomic E-state index is -3.90. The van der Waals surface area contributed by atoms with Gasteiger partial charge in [0.05, 0.1) is 8.71 Å². The van der Waals surface area contributed by atoms with Gasteiger partial charge in [0.2, 0.25) is 10.0 Å². The number of thiophene rings is 1. The summed E-state index contributed by atoms with van der Waals surface area (Å²) in [6.07, 6.45) is 0. The van der Waals surface area contributed by atoms with Crippen LogP contribution in [0.25, 0.3) is 0 Å². The summed E-state index contributed by atoms with van der Waals surface area (Å²) >= 11 is 5.10. The molecule has 0 radical (unpaired) electrons. The second kappa shape index (κ2) is 7.73. The van der Waals surface area contributed by atoms with Crippen LogP contribution < -0.4 is 0 Å². The predicted molar refractivity (Wildman–Crippen MR) is 104 cm³/mol. The topological polar surface area (TPSA) is 83.8 Å². The molecule has 0 spiro atoms. The van der Waals surface area contributed by atoms with E-state index in [1.54, 1.807) is 24.3 Å². The Labute approximate surface area is 164 Å². The molecule has 2 aromatic rings. The van der Waals surface area contributed by atoms with Gasteiger partial charge in [0.1, 0.15) is 0 Å². The number of halogens is 1. The maximum Gasteiger partial charge on any atom is 0.289 e. The van der Waals surface area contributed by atoms with Crippen molar-refractivity contribution < 1.29 is 13.3 Å². The predicted octanol–water partition coefficient (Wildman–Crippen LogP) is 3.23. The molecular weight excluding hydrogens is 442 g/mol. The number of aryl methyl sites for hydroxylation is 1. The molecule has 0 N–H and O–H groups in total. The number of piperazine rings is 1. The normalized spacial score (nSPS) is 16.7. The molecule has 0 atom stereocenters. The average Bonchev–Trinajstić information content (AvgIpc) is 2.99. The number of nitro groups is 1. The van der Waals surface area contributed by atoms with Crippen LogP contribution in [0.5, 0.6) is 0 Å². The van der Waals surface area contributed by atoms with E-state index < -0.39 is 14.9 Å². The lowest BCUT2D eigenvalue weighted by atomic mass is 10.2. The molecule has 1 saturated heterocycles. The van der Waals surface area contributed by atoms with Crippen molar-refractivity contribution in [3.8, 4) is 0 Å². The standard InChI is InChI=1S/C16H18BrN3O4S2/c1-12-3-2-4-14(20(21)22)16(12)26(23,24)19-9-7-18(8-10-19)11-13-5-6-15(17)25-13/h2-6H,7-11H2,1H3. The molecule has 140 valence electrons. The van der Waals surface area contributed by atoms with E-state index in [1.165, 1.54) is 21.3 Å². The fourth-order valence-electron chi connectivity index (χ4n) is 3.03. The highest BCUT2D eigenvalue weighted by Gasteiger charge is 2.35. The summed E-state index contributed by atoms with van der Waals surface area (Å²) in [6, 6.07) is 8.38. The molecule has 2 heterocycles. The minimum Gasteiger partial charge on any atom is -0.296 e. The Bertz CT molecular complexity index is 921. The van der Waals surface area contributed by atoms with Crippen molar-refractivity contribution in [2.45, 2.75) is 18.4 Å². The molecule has 0 saturated carbocycles. The molecule has 1 aromatic carbocycles. The van der Waals surface area contributed by atoms with Gasteiger partial charge in [-0.2, -0.15) is 4.31 Å². The number of rotatable bonds is 5. The van der Waals surface area contributed by atoms with E-state index in [9.17, 15) is 18.5 Å². The zero-order valence-electron chi connectivity index (χ0n) is 14.1. The van der Waals surface area contributed by atoms with E-state index in [2.05, 4.69) is 26.9 Å². The van der Waals surface area contributed by atoms with Gasteiger partial charge in [-0.1, -0.05) is 12.1 Å². The van der Waals surface area contributed by atoms with E-state index in [0.29, 0.717) is 31.7 Å². The number of hydrogen-bond donors (Lipinski definition) is 0. The van der Waals surface area contributed by atoms with Gasteiger partial charge < -0.3 is 0 Å². The van der Waals surface area contributed by atoms with Crippen molar-refractivity contribution in [1.82, 2.24) is 9.21 Å². The van der Waals surface area contributed by atoms with Crippen molar-refractivity contribution in [3.63, 3.8) is 0 Å². The summed E-state index contributed by atoms with van der Waals surface area (Å²) in [5, 5.41) is 11.3. The molecule has 1 fully saturated rings. The Morgan fingerprint density at radius 2 is 1.88 bits per heavy atom. The van der Waals surface area contributed by atoms with Crippen LogP contribution in [0, 0.1) is 17.0 Å². The van der Waals surface area contributed by atoms with Gasteiger partial charge in [-0.15, -0.1) is 11.3 Å². The average molecular weight is 460 g/mol. The molecule has 3 rings (SSSR count). The third kappa shape index (κ3) is 3.99. The summed E-state index contributed by atoms with van der Waals surface area (Å²) in [6.45, 7) is 4.18. The fraction of sp³-hybridized carbons (Fsp3) is 0.375. The second-order valence-electron chi connectivity index (χ2n) is 6.07. The van der Waals surface area contributed by atoms with E-state index in [4.69, 9.17) is 0 Å². The lowest BCUT2D eigenvalue weighted by Gasteiger charge is -2.33. The van der Waals surface area contributed by atoms with Gasteiger partial charge >= 0.3 is 0 Å².